The Morgan fingerprint density at radius 3 is 2.80 bits per heavy atom. The monoisotopic (exact) mass is 401 g/mol. The molecule has 3 atom stereocenters. The zero-order valence-corrected chi connectivity index (χ0v) is 16.5. The van der Waals surface area contributed by atoms with Crippen LogP contribution in [0.15, 0.2) is 18.2 Å². The first-order chi connectivity index (χ1) is 11.9. The molecule has 25 heavy (non-hydrogen) atoms. The molecule has 2 aliphatic carbocycles. The lowest BCUT2D eigenvalue weighted by atomic mass is 9.52. The van der Waals surface area contributed by atoms with Gasteiger partial charge >= 0.3 is 0 Å². The Bertz CT molecular complexity index is 702. The first kappa shape index (κ1) is 17.8. The summed E-state index contributed by atoms with van der Waals surface area (Å²) in [7, 11) is 1.71. The molecule has 2 bridgehead atoms. The van der Waals surface area contributed by atoms with Crippen LogP contribution in [0.5, 0.6) is 5.75 Å². The zero-order valence-electron chi connectivity index (χ0n) is 14.2. The van der Waals surface area contributed by atoms with Crippen molar-refractivity contribution in [2.24, 2.45) is 5.92 Å². The van der Waals surface area contributed by atoms with Crippen molar-refractivity contribution in [1.82, 2.24) is 4.90 Å². The van der Waals surface area contributed by atoms with Crippen LogP contribution in [0.2, 0.25) is 0 Å². The predicted molar refractivity (Wildman–Crippen MR) is 101 cm³/mol. The molecule has 6 heteroatoms. The highest BCUT2D eigenvalue weighted by molar-refractivity contribution is 6.76. The summed E-state index contributed by atoms with van der Waals surface area (Å²) in [5.74, 6) is 0.972. The number of amides is 1. The highest BCUT2D eigenvalue weighted by atomic mass is 35.6. The van der Waals surface area contributed by atoms with Crippen molar-refractivity contribution in [1.29, 1.82) is 0 Å². The van der Waals surface area contributed by atoms with E-state index in [1.807, 2.05) is 11.0 Å². The Hall–Kier alpha value is -0.640. The summed E-state index contributed by atoms with van der Waals surface area (Å²) in [4.78, 5) is 14.6. The third-order valence-corrected chi connectivity index (χ3v) is 7.03. The molecule has 0 radical (unpaired) electrons. The molecule has 1 saturated heterocycles. The Morgan fingerprint density at radius 2 is 2.08 bits per heavy atom. The fourth-order valence-electron chi connectivity index (χ4n) is 5.53. The summed E-state index contributed by atoms with van der Waals surface area (Å²) in [6, 6.07) is 6.50. The molecule has 1 heterocycles. The molecule has 2 fully saturated rings. The van der Waals surface area contributed by atoms with E-state index in [0.29, 0.717) is 12.5 Å². The number of carbonyl (C=O) groups is 1. The second-order valence-electron chi connectivity index (χ2n) is 7.55. The first-order valence-electron chi connectivity index (χ1n) is 8.92. The molecule has 1 aliphatic heterocycles. The molecule has 1 aromatic carbocycles. The molecule has 0 aromatic heterocycles. The van der Waals surface area contributed by atoms with Crippen LogP contribution in [-0.2, 0) is 16.6 Å². The van der Waals surface area contributed by atoms with E-state index in [-0.39, 0.29) is 17.4 Å². The van der Waals surface area contributed by atoms with E-state index in [1.165, 1.54) is 30.4 Å². The maximum atomic E-state index is 12.7. The lowest BCUT2D eigenvalue weighted by Gasteiger charge is -2.59. The molecule has 1 saturated carbocycles. The number of carbonyl (C=O) groups excluding carboxylic acids is 1. The summed E-state index contributed by atoms with van der Waals surface area (Å²) < 4.78 is 3.60. The van der Waals surface area contributed by atoms with Crippen LogP contribution in [0.25, 0.3) is 0 Å². The Labute approximate surface area is 163 Å². The lowest BCUT2D eigenvalue weighted by Crippen LogP contribution is -2.63. The maximum absolute atomic E-state index is 12.7. The average molecular weight is 403 g/mol. The Balaban J connectivity index is 1.79. The molecule has 136 valence electrons. The topological polar surface area (TPSA) is 29.5 Å². The van der Waals surface area contributed by atoms with Gasteiger partial charge in [0.15, 0.2) is 0 Å². The van der Waals surface area contributed by atoms with Gasteiger partial charge in [-0.2, -0.15) is 0 Å². The Morgan fingerprint density at radius 1 is 1.28 bits per heavy atom. The van der Waals surface area contributed by atoms with E-state index < -0.39 is 3.79 Å². The number of fused-ring (bicyclic) bond motifs is 1. The van der Waals surface area contributed by atoms with Crippen molar-refractivity contribution in [2.75, 3.05) is 13.7 Å². The standard InChI is InChI=1S/C19H22Cl3NO2/c1-25-13-6-5-12-10-16-14-4-2-3-7-18(14,15(12)11-13)8-9-23(16)17(24)19(20,21)22/h5-6,11,14,16H,2-4,7-10H2,1H3/t14-,16+,18+/m0/s1. The maximum Gasteiger partial charge on any atom is 0.274 e. The SMILES string of the molecule is COc1ccc2c(c1)[C@@]13CCCC[C@H]1[C@@H](C2)N(C(=O)C(Cl)(Cl)Cl)CC3. The van der Waals surface area contributed by atoms with Crippen LogP contribution in [-0.4, -0.2) is 34.3 Å². The molecule has 4 rings (SSSR count). The van der Waals surface area contributed by atoms with Gasteiger partial charge < -0.3 is 9.64 Å². The summed E-state index contributed by atoms with van der Waals surface area (Å²) in [5, 5.41) is 0. The van der Waals surface area contributed by atoms with Gasteiger partial charge in [-0.25, -0.2) is 0 Å². The highest BCUT2D eigenvalue weighted by Crippen LogP contribution is 2.56. The van der Waals surface area contributed by atoms with Crippen LogP contribution in [0, 0.1) is 5.92 Å². The minimum atomic E-state index is -1.88. The molecule has 1 amide bonds. The molecule has 0 spiro atoms. The number of methoxy groups -OCH3 is 1. The van der Waals surface area contributed by atoms with E-state index in [1.54, 1.807) is 7.11 Å². The van der Waals surface area contributed by atoms with Gasteiger partial charge in [-0.3, -0.25) is 4.79 Å². The normalized spacial score (nSPS) is 31.1. The van der Waals surface area contributed by atoms with E-state index >= 15 is 0 Å². The highest BCUT2D eigenvalue weighted by Gasteiger charge is 2.56. The number of ether oxygens (including phenoxy) is 1. The number of alkyl halides is 3. The quantitative estimate of drug-likeness (QED) is 0.640. The van der Waals surface area contributed by atoms with Gasteiger partial charge in [-0.15, -0.1) is 0 Å². The zero-order chi connectivity index (χ0) is 17.8. The minimum absolute atomic E-state index is 0.123. The van der Waals surface area contributed by atoms with E-state index in [9.17, 15) is 4.79 Å². The van der Waals surface area contributed by atoms with Gasteiger partial charge in [0.1, 0.15) is 5.75 Å². The second-order valence-corrected chi connectivity index (χ2v) is 9.83. The first-order valence-corrected chi connectivity index (χ1v) is 10.1. The average Bonchev–Trinajstić information content (AvgIpc) is 2.60. The van der Waals surface area contributed by atoms with Gasteiger partial charge in [0, 0.05) is 18.0 Å². The van der Waals surface area contributed by atoms with Crippen LogP contribution in [0.1, 0.15) is 43.2 Å². The largest absolute Gasteiger partial charge is 0.497 e. The fraction of sp³-hybridized carbons (Fsp3) is 0.632. The fourth-order valence-corrected chi connectivity index (χ4v) is 5.85. The molecular formula is C19H22Cl3NO2. The Kier molecular flexibility index (Phi) is 4.41. The summed E-state index contributed by atoms with van der Waals surface area (Å²) in [6.45, 7) is 0.657. The summed E-state index contributed by atoms with van der Waals surface area (Å²) >= 11 is 17.8. The van der Waals surface area contributed by atoms with Crippen molar-refractivity contribution in [3.63, 3.8) is 0 Å². The number of hydrogen-bond acceptors (Lipinski definition) is 2. The third kappa shape index (κ3) is 2.74. The van der Waals surface area contributed by atoms with Crippen molar-refractivity contribution >= 4 is 40.7 Å². The van der Waals surface area contributed by atoms with Crippen LogP contribution >= 0.6 is 34.8 Å². The number of nitrogens with zero attached hydrogens (tertiary/aromatic N) is 1. The van der Waals surface area contributed by atoms with Crippen molar-refractivity contribution in [3.05, 3.63) is 29.3 Å². The van der Waals surface area contributed by atoms with Crippen molar-refractivity contribution < 1.29 is 9.53 Å². The smallest absolute Gasteiger partial charge is 0.274 e. The predicted octanol–water partition coefficient (Wildman–Crippen LogP) is 4.65. The van der Waals surface area contributed by atoms with E-state index in [4.69, 9.17) is 39.5 Å². The number of rotatable bonds is 1. The summed E-state index contributed by atoms with van der Waals surface area (Å²) in [5.41, 5.74) is 2.87. The molecule has 1 aromatic rings. The number of likely N-dealkylation sites (tertiary alicyclic amines) is 1. The minimum Gasteiger partial charge on any atom is -0.497 e. The van der Waals surface area contributed by atoms with E-state index in [2.05, 4.69) is 12.1 Å². The molecular weight excluding hydrogens is 381 g/mol. The summed E-state index contributed by atoms with van der Waals surface area (Å²) in [6.07, 6.45) is 6.50. The van der Waals surface area contributed by atoms with Crippen molar-refractivity contribution in [2.45, 2.75) is 53.8 Å². The van der Waals surface area contributed by atoms with Crippen LogP contribution in [0.3, 0.4) is 0 Å². The van der Waals surface area contributed by atoms with E-state index in [0.717, 1.165) is 25.0 Å². The van der Waals surface area contributed by atoms with Gasteiger partial charge in [0.25, 0.3) is 9.70 Å². The number of piperidine rings is 1. The number of benzene rings is 1. The van der Waals surface area contributed by atoms with Crippen LogP contribution in [0.4, 0.5) is 0 Å². The third-order valence-electron chi connectivity index (χ3n) is 6.55. The second kappa shape index (κ2) is 6.21. The van der Waals surface area contributed by atoms with Gasteiger partial charge in [-0.05, 0) is 54.9 Å². The van der Waals surface area contributed by atoms with Gasteiger partial charge in [0.05, 0.1) is 7.11 Å². The number of hydrogen-bond donors (Lipinski definition) is 0. The molecule has 3 aliphatic rings. The molecule has 0 N–H and O–H groups in total. The van der Waals surface area contributed by atoms with Gasteiger partial charge in [-0.1, -0.05) is 53.7 Å². The van der Waals surface area contributed by atoms with Crippen molar-refractivity contribution in [3.8, 4) is 5.75 Å². The van der Waals surface area contributed by atoms with Crippen LogP contribution < -0.4 is 4.74 Å². The van der Waals surface area contributed by atoms with Gasteiger partial charge in [0.2, 0.25) is 0 Å². The molecule has 0 unspecified atom stereocenters. The number of halogens is 3. The molecule has 3 nitrogen and oxygen atoms in total. The lowest BCUT2D eigenvalue weighted by molar-refractivity contribution is -0.139.